The van der Waals surface area contributed by atoms with Crippen LogP contribution in [0.25, 0.3) is 98.7 Å². The summed E-state index contributed by atoms with van der Waals surface area (Å²) in [6.45, 7) is 0. The highest BCUT2D eigenvalue weighted by atomic mass is 32.1. The van der Waals surface area contributed by atoms with Crippen LogP contribution in [-0.2, 0) is 0 Å². The number of thiazole rings is 1. The Balaban J connectivity index is 1.25. The molecule has 0 N–H and O–H groups in total. The molecule has 0 saturated heterocycles. The van der Waals surface area contributed by atoms with Crippen molar-refractivity contribution in [2.75, 3.05) is 0 Å². The van der Waals surface area contributed by atoms with Gasteiger partial charge in [-0.15, -0.1) is 11.3 Å². The van der Waals surface area contributed by atoms with Gasteiger partial charge in [0.05, 0.1) is 10.2 Å². The summed E-state index contributed by atoms with van der Waals surface area (Å²) in [7, 11) is 0. The molecule has 0 aliphatic heterocycles. The minimum absolute atomic E-state index is 0.612. The molecule has 4 nitrogen and oxygen atoms in total. The number of nitrogens with zero attached hydrogens (tertiary/aromatic N) is 4. The van der Waals surface area contributed by atoms with Crippen molar-refractivity contribution >= 4 is 43.1 Å². The number of fused-ring (bicyclic) bond motifs is 4. The summed E-state index contributed by atoms with van der Waals surface area (Å²) in [5.74, 6) is 1.87. The first-order valence-electron chi connectivity index (χ1n) is 17.6. The van der Waals surface area contributed by atoms with E-state index in [0.717, 1.165) is 59.7 Å². The first-order chi connectivity index (χ1) is 26.2. The van der Waals surface area contributed by atoms with Gasteiger partial charge in [0, 0.05) is 27.8 Å². The fraction of sp³-hybridized carbons (Fsp3) is 0. The van der Waals surface area contributed by atoms with E-state index < -0.39 is 0 Å². The van der Waals surface area contributed by atoms with Crippen LogP contribution in [-0.4, -0.2) is 19.9 Å². The van der Waals surface area contributed by atoms with Gasteiger partial charge < -0.3 is 0 Å². The van der Waals surface area contributed by atoms with E-state index in [0.29, 0.717) is 17.5 Å². The molecule has 248 valence electrons. The Kier molecular flexibility index (Phi) is 7.63. The largest absolute Gasteiger partial charge is 0.235 e. The number of hydrogen-bond acceptors (Lipinski definition) is 5. The lowest BCUT2D eigenvalue weighted by molar-refractivity contribution is 1.07. The maximum absolute atomic E-state index is 5.24. The summed E-state index contributed by atoms with van der Waals surface area (Å²) in [6, 6.07) is 63.5. The molecular weight excluding hydrogens is 665 g/mol. The smallest absolute Gasteiger partial charge is 0.164 e. The first-order valence-corrected chi connectivity index (χ1v) is 18.5. The second-order valence-electron chi connectivity index (χ2n) is 13.1. The second kappa shape index (κ2) is 13.1. The lowest BCUT2D eigenvalue weighted by atomic mass is 9.90. The Morgan fingerprint density at radius 3 is 1.49 bits per heavy atom. The molecule has 10 aromatic rings. The predicted molar refractivity (Wildman–Crippen MR) is 221 cm³/mol. The van der Waals surface area contributed by atoms with Gasteiger partial charge in [-0.1, -0.05) is 152 Å². The lowest BCUT2D eigenvalue weighted by Gasteiger charge is -2.15. The Labute approximate surface area is 310 Å². The zero-order valence-electron chi connectivity index (χ0n) is 28.5. The molecule has 0 bridgehead atoms. The molecule has 0 spiro atoms. The summed E-state index contributed by atoms with van der Waals surface area (Å²) < 4.78 is 1.14. The molecule has 0 saturated carbocycles. The summed E-state index contributed by atoms with van der Waals surface area (Å²) >= 11 is 1.72. The molecule has 0 aliphatic carbocycles. The minimum Gasteiger partial charge on any atom is -0.235 e. The van der Waals surface area contributed by atoms with Crippen molar-refractivity contribution < 1.29 is 0 Å². The molecule has 53 heavy (non-hydrogen) atoms. The standard InChI is InChI=1S/C48H30N4S/c1-4-15-31(16-5-1)45-50-46(32-17-6-2-7-18-32)52-47(51-45)37-28-35(39-25-14-26-43-44(39)49-48(53-43)33-19-8-3-9-20-33)27-36(29-37)42-30-34-21-10-11-22-38(34)40-23-12-13-24-41(40)42/h1-30H. The quantitative estimate of drug-likeness (QED) is 0.163. The van der Waals surface area contributed by atoms with Gasteiger partial charge in [-0.3, -0.25) is 0 Å². The van der Waals surface area contributed by atoms with Gasteiger partial charge in [-0.2, -0.15) is 0 Å². The van der Waals surface area contributed by atoms with Crippen LogP contribution in [0, 0.1) is 0 Å². The zero-order valence-corrected chi connectivity index (χ0v) is 29.3. The molecule has 0 radical (unpaired) electrons. The molecule has 0 unspecified atom stereocenters. The van der Waals surface area contributed by atoms with Crippen molar-refractivity contribution in [1.29, 1.82) is 0 Å². The van der Waals surface area contributed by atoms with Crippen molar-refractivity contribution in [2.24, 2.45) is 0 Å². The number of hydrogen-bond donors (Lipinski definition) is 0. The van der Waals surface area contributed by atoms with Crippen molar-refractivity contribution in [1.82, 2.24) is 19.9 Å². The highest BCUT2D eigenvalue weighted by Gasteiger charge is 2.18. The van der Waals surface area contributed by atoms with E-state index in [9.17, 15) is 0 Å². The third-order valence-corrected chi connectivity index (χ3v) is 10.8. The van der Waals surface area contributed by atoms with Gasteiger partial charge >= 0.3 is 0 Å². The van der Waals surface area contributed by atoms with Crippen LogP contribution >= 0.6 is 11.3 Å². The molecule has 10 rings (SSSR count). The Morgan fingerprint density at radius 2 is 0.830 bits per heavy atom. The van der Waals surface area contributed by atoms with E-state index in [1.807, 2.05) is 66.7 Å². The molecule has 0 fully saturated rings. The van der Waals surface area contributed by atoms with Crippen molar-refractivity contribution in [3.63, 3.8) is 0 Å². The van der Waals surface area contributed by atoms with Crippen molar-refractivity contribution in [2.45, 2.75) is 0 Å². The Morgan fingerprint density at radius 1 is 0.321 bits per heavy atom. The number of benzene rings is 8. The van der Waals surface area contributed by atoms with E-state index in [1.54, 1.807) is 11.3 Å². The predicted octanol–water partition coefficient (Wildman–Crippen LogP) is 12.8. The second-order valence-corrected chi connectivity index (χ2v) is 14.1. The third kappa shape index (κ3) is 5.74. The van der Waals surface area contributed by atoms with Crippen LogP contribution in [0.1, 0.15) is 0 Å². The van der Waals surface area contributed by atoms with E-state index >= 15 is 0 Å². The summed E-state index contributed by atoms with van der Waals surface area (Å²) in [5, 5.41) is 5.85. The molecule has 0 aliphatic rings. The van der Waals surface area contributed by atoms with Crippen LogP contribution in [0.5, 0.6) is 0 Å². The van der Waals surface area contributed by atoms with Gasteiger partial charge in [0.2, 0.25) is 0 Å². The number of aromatic nitrogens is 4. The van der Waals surface area contributed by atoms with Gasteiger partial charge in [-0.25, -0.2) is 19.9 Å². The van der Waals surface area contributed by atoms with Gasteiger partial charge in [0.25, 0.3) is 0 Å². The van der Waals surface area contributed by atoms with Crippen LogP contribution in [0.15, 0.2) is 182 Å². The van der Waals surface area contributed by atoms with Crippen LogP contribution in [0.3, 0.4) is 0 Å². The molecule has 8 aromatic carbocycles. The van der Waals surface area contributed by atoms with Gasteiger partial charge in [0.1, 0.15) is 5.01 Å². The maximum Gasteiger partial charge on any atom is 0.164 e. The summed E-state index contributed by atoms with van der Waals surface area (Å²) in [4.78, 5) is 20.5. The van der Waals surface area contributed by atoms with E-state index in [1.165, 1.54) is 21.5 Å². The Hall–Kier alpha value is -6.82. The zero-order chi connectivity index (χ0) is 35.1. The number of para-hydroxylation sites is 1. The SMILES string of the molecule is c1ccc(-c2nc(-c3ccccc3)nc(-c3cc(-c4cc5ccccc5c5ccccc45)cc(-c4cccc5sc(-c6ccccc6)nc45)c3)n2)cc1. The van der Waals surface area contributed by atoms with Crippen molar-refractivity contribution in [3.05, 3.63) is 182 Å². The van der Waals surface area contributed by atoms with Gasteiger partial charge in [0.15, 0.2) is 17.5 Å². The topological polar surface area (TPSA) is 51.6 Å². The molecule has 5 heteroatoms. The van der Waals surface area contributed by atoms with E-state index in [4.69, 9.17) is 19.9 Å². The lowest BCUT2D eigenvalue weighted by Crippen LogP contribution is -2.00. The molecular formula is C48H30N4S. The van der Waals surface area contributed by atoms with Crippen LogP contribution < -0.4 is 0 Å². The normalized spacial score (nSPS) is 11.4. The fourth-order valence-electron chi connectivity index (χ4n) is 7.18. The first kappa shape index (κ1) is 31.0. The molecule has 0 atom stereocenters. The highest BCUT2D eigenvalue weighted by molar-refractivity contribution is 7.21. The summed E-state index contributed by atoms with van der Waals surface area (Å²) in [6.07, 6.45) is 0. The van der Waals surface area contributed by atoms with Gasteiger partial charge in [-0.05, 0) is 68.6 Å². The molecule has 0 amide bonds. The monoisotopic (exact) mass is 694 g/mol. The van der Waals surface area contributed by atoms with E-state index in [2.05, 4.69) is 115 Å². The highest BCUT2D eigenvalue weighted by Crippen LogP contribution is 2.41. The fourth-order valence-corrected chi connectivity index (χ4v) is 8.18. The van der Waals surface area contributed by atoms with Crippen molar-refractivity contribution in [3.8, 4) is 67.0 Å². The van der Waals surface area contributed by atoms with Crippen LogP contribution in [0.4, 0.5) is 0 Å². The molecule has 2 heterocycles. The Bertz CT molecular complexity index is 2880. The van der Waals surface area contributed by atoms with E-state index in [-0.39, 0.29) is 0 Å². The minimum atomic E-state index is 0.612. The number of rotatable bonds is 6. The maximum atomic E-state index is 5.24. The molecule has 2 aromatic heterocycles. The van der Waals surface area contributed by atoms with Crippen LogP contribution in [0.2, 0.25) is 0 Å². The average Bonchev–Trinajstić information content (AvgIpc) is 3.69. The average molecular weight is 695 g/mol. The summed E-state index contributed by atoms with van der Waals surface area (Å²) in [5.41, 5.74) is 9.22. The third-order valence-electron chi connectivity index (χ3n) is 9.72.